The molecule has 2 aliphatic rings. The summed E-state index contributed by atoms with van der Waals surface area (Å²) in [5.74, 6) is 0.763. The highest BCUT2D eigenvalue weighted by atomic mass is 35.5. The van der Waals surface area contributed by atoms with Crippen molar-refractivity contribution in [2.24, 2.45) is 5.73 Å². The first-order valence-electron chi connectivity index (χ1n) is 6.84. The van der Waals surface area contributed by atoms with Gasteiger partial charge in [0.05, 0.1) is 16.7 Å². The fraction of sp³-hybridized carbons (Fsp3) is 0.500. The SMILES string of the molecule is NC1(C(=O)NCC(O)c2cc(Cl)c3c(c2)OCCO3)CC1. The molecular weight excluding hydrogens is 296 g/mol. The van der Waals surface area contributed by atoms with E-state index in [-0.39, 0.29) is 12.5 Å². The van der Waals surface area contributed by atoms with Crippen molar-refractivity contribution in [3.05, 3.63) is 22.7 Å². The maximum Gasteiger partial charge on any atom is 0.240 e. The predicted octanol–water partition coefficient (Wildman–Crippen LogP) is 0.752. The van der Waals surface area contributed by atoms with E-state index < -0.39 is 11.6 Å². The number of aliphatic hydroxyl groups is 1. The highest BCUT2D eigenvalue weighted by Gasteiger charge is 2.45. The Morgan fingerprint density at radius 2 is 2.14 bits per heavy atom. The van der Waals surface area contributed by atoms with Crippen LogP contribution in [0.25, 0.3) is 0 Å². The van der Waals surface area contributed by atoms with E-state index >= 15 is 0 Å². The summed E-state index contributed by atoms with van der Waals surface area (Å²) >= 11 is 6.11. The molecule has 0 spiro atoms. The number of fused-ring (bicyclic) bond motifs is 1. The van der Waals surface area contributed by atoms with E-state index in [1.54, 1.807) is 12.1 Å². The fourth-order valence-electron chi connectivity index (χ4n) is 2.17. The minimum atomic E-state index is -0.885. The predicted molar refractivity (Wildman–Crippen MR) is 76.6 cm³/mol. The van der Waals surface area contributed by atoms with Crippen LogP contribution in [0.1, 0.15) is 24.5 Å². The zero-order chi connectivity index (χ0) is 15.0. The van der Waals surface area contributed by atoms with E-state index in [4.69, 9.17) is 26.8 Å². The highest BCUT2D eigenvalue weighted by molar-refractivity contribution is 6.32. The van der Waals surface area contributed by atoms with E-state index in [0.717, 1.165) is 0 Å². The Hall–Kier alpha value is -1.50. The van der Waals surface area contributed by atoms with Crippen LogP contribution in [0.4, 0.5) is 0 Å². The molecule has 0 saturated heterocycles. The quantitative estimate of drug-likeness (QED) is 0.763. The molecule has 21 heavy (non-hydrogen) atoms. The Bertz CT molecular complexity index is 574. The topological polar surface area (TPSA) is 93.8 Å². The van der Waals surface area contributed by atoms with Crippen LogP contribution >= 0.6 is 11.6 Å². The lowest BCUT2D eigenvalue weighted by atomic mass is 10.1. The number of halogens is 1. The highest BCUT2D eigenvalue weighted by Crippen LogP contribution is 2.39. The van der Waals surface area contributed by atoms with Crippen molar-refractivity contribution < 1.29 is 19.4 Å². The Morgan fingerprint density at radius 3 is 2.86 bits per heavy atom. The average Bonchev–Trinajstić information content (AvgIpc) is 3.23. The molecule has 1 aromatic carbocycles. The molecule has 1 heterocycles. The van der Waals surface area contributed by atoms with Crippen molar-refractivity contribution in [2.75, 3.05) is 19.8 Å². The van der Waals surface area contributed by atoms with Gasteiger partial charge in [0.2, 0.25) is 5.91 Å². The number of benzene rings is 1. The summed E-state index contributed by atoms with van der Waals surface area (Å²) in [6, 6.07) is 3.29. The van der Waals surface area contributed by atoms with E-state index in [1.165, 1.54) is 0 Å². The van der Waals surface area contributed by atoms with Crippen LogP contribution in [0.15, 0.2) is 12.1 Å². The second-order valence-corrected chi connectivity index (χ2v) is 5.82. The number of hydrogen-bond donors (Lipinski definition) is 3. The molecule has 114 valence electrons. The minimum absolute atomic E-state index is 0.0771. The van der Waals surface area contributed by atoms with Crippen molar-refractivity contribution in [3.8, 4) is 11.5 Å². The number of hydrogen-bond acceptors (Lipinski definition) is 5. The number of ether oxygens (including phenoxy) is 2. The lowest BCUT2D eigenvalue weighted by molar-refractivity contribution is -0.123. The molecule has 0 aromatic heterocycles. The van der Waals surface area contributed by atoms with Crippen molar-refractivity contribution in [2.45, 2.75) is 24.5 Å². The van der Waals surface area contributed by atoms with Gasteiger partial charge in [0, 0.05) is 6.54 Å². The second kappa shape index (κ2) is 5.36. The molecule has 1 atom stereocenters. The Kier molecular flexibility index (Phi) is 3.69. The van der Waals surface area contributed by atoms with Gasteiger partial charge in [-0.05, 0) is 30.5 Å². The lowest BCUT2D eigenvalue weighted by Gasteiger charge is -2.22. The second-order valence-electron chi connectivity index (χ2n) is 5.41. The normalized spacial score (nSPS) is 19.8. The third kappa shape index (κ3) is 2.92. The summed E-state index contributed by atoms with van der Waals surface area (Å²) in [5, 5.41) is 13.2. The van der Waals surface area contributed by atoms with Crippen LogP contribution in [0.2, 0.25) is 5.02 Å². The van der Waals surface area contributed by atoms with Crippen LogP contribution in [0.5, 0.6) is 11.5 Å². The first-order chi connectivity index (χ1) is 9.99. The minimum Gasteiger partial charge on any atom is -0.486 e. The molecule has 1 aliphatic carbocycles. The molecule has 1 aromatic rings. The van der Waals surface area contributed by atoms with Crippen LogP contribution < -0.4 is 20.5 Å². The van der Waals surface area contributed by atoms with E-state index in [0.29, 0.717) is 48.1 Å². The molecule has 0 bridgehead atoms. The third-order valence-corrected chi connectivity index (χ3v) is 3.98. The molecular formula is C14H17ClN2O4. The molecule has 7 heteroatoms. The third-order valence-electron chi connectivity index (χ3n) is 3.70. The van der Waals surface area contributed by atoms with Gasteiger partial charge in [0.1, 0.15) is 13.2 Å². The summed E-state index contributed by atoms with van der Waals surface area (Å²) in [5.41, 5.74) is 5.59. The Balaban J connectivity index is 1.68. The van der Waals surface area contributed by atoms with Crippen LogP contribution in [0, 0.1) is 0 Å². The van der Waals surface area contributed by atoms with Gasteiger partial charge in [-0.15, -0.1) is 0 Å². The van der Waals surface area contributed by atoms with Crippen molar-refractivity contribution in [1.29, 1.82) is 0 Å². The van der Waals surface area contributed by atoms with Crippen molar-refractivity contribution in [1.82, 2.24) is 5.32 Å². The molecule has 1 saturated carbocycles. The molecule has 4 N–H and O–H groups in total. The van der Waals surface area contributed by atoms with Crippen LogP contribution in [-0.2, 0) is 4.79 Å². The van der Waals surface area contributed by atoms with Gasteiger partial charge in [0.25, 0.3) is 0 Å². The number of carbonyl (C=O) groups excluding carboxylic acids is 1. The number of carbonyl (C=O) groups is 1. The van der Waals surface area contributed by atoms with Gasteiger partial charge in [0.15, 0.2) is 11.5 Å². The van der Waals surface area contributed by atoms with Gasteiger partial charge >= 0.3 is 0 Å². The maximum absolute atomic E-state index is 11.7. The zero-order valence-corrected chi connectivity index (χ0v) is 12.2. The van der Waals surface area contributed by atoms with Crippen LogP contribution in [0.3, 0.4) is 0 Å². The van der Waals surface area contributed by atoms with Crippen molar-refractivity contribution >= 4 is 17.5 Å². The summed E-state index contributed by atoms with van der Waals surface area (Å²) in [4.78, 5) is 11.7. The smallest absolute Gasteiger partial charge is 0.240 e. The van der Waals surface area contributed by atoms with Gasteiger partial charge in [-0.25, -0.2) is 0 Å². The average molecular weight is 313 g/mol. The number of amides is 1. The Morgan fingerprint density at radius 1 is 1.43 bits per heavy atom. The number of nitrogens with two attached hydrogens (primary N) is 1. The first-order valence-corrected chi connectivity index (χ1v) is 7.22. The summed E-state index contributed by atoms with van der Waals surface area (Å²) in [6.45, 7) is 0.965. The number of nitrogens with one attached hydrogen (secondary N) is 1. The Labute approximate surface area is 127 Å². The molecule has 0 radical (unpaired) electrons. The summed E-state index contributed by atoms with van der Waals surface area (Å²) < 4.78 is 10.9. The lowest BCUT2D eigenvalue weighted by Crippen LogP contribution is -2.44. The summed E-state index contributed by atoms with van der Waals surface area (Å²) in [7, 11) is 0. The van der Waals surface area contributed by atoms with E-state index in [9.17, 15) is 9.90 Å². The van der Waals surface area contributed by atoms with Gasteiger partial charge in [-0.3, -0.25) is 4.79 Å². The molecule has 6 nitrogen and oxygen atoms in total. The molecule has 1 unspecified atom stereocenters. The van der Waals surface area contributed by atoms with Crippen molar-refractivity contribution in [3.63, 3.8) is 0 Å². The largest absolute Gasteiger partial charge is 0.486 e. The molecule has 1 amide bonds. The van der Waals surface area contributed by atoms with E-state index in [2.05, 4.69) is 5.32 Å². The molecule has 1 aliphatic heterocycles. The number of aliphatic hydroxyl groups excluding tert-OH is 1. The monoisotopic (exact) mass is 312 g/mol. The zero-order valence-electron chi connectivity index (χ0n) is 11.4. The first kappa shape index (κ1) is 14.4. The maximum atomic E-state index is 11.7. The molecule has 1 fully saturated rings. The van der Waals surface area contributed by atoms with Gasteiger partial charge in [-0.1, -0.05) is 11.6 Å². The number of rotatable bonds is 4. The summed E-state index contributed by atoms with van der Waals surface area (Å²) in [6.07, 6.45) is 0.486. The van der Waals surface area contributed by atoms with Gasteiger partial charge in [-0.2, -0.15) is 0 Å². The molecule has 3 rings (SSSR count). The standard InChI is InChI=1S/C14H17ClN2O4/c15-9-5-8(6-11-12(9)21-4-3-20-11)10(18)7-17-13(19)14(16)1-2-14/h5-6,10,18H,1-4,7,16H2,(H,17,19). The van der Waals surface area contributed by atoms with E-state index in [1.807, 2.05) is 0 Å². The van der Waals surface area contributed by atoms with Gasteiger partial charge < -0.3 is 25.6 Å². The van der Waals surface area contributed by atoms with Crippen LogP contribution in [-0.4, -0.2) is 36.3 Å². The fourth-order valence-corrected chi connectivity index (χ4v) is 2.44.